The van der Waals surface area contributed by atoms with Crippen LogP contribution >= 0.6 is 0 Å². The minimum atomic E-state index is -0.991. The molecule has 104 valence electrons. The maximum absolute atomic E-state index is 11.9. The van der Waals surface area contributed by atoms with Crippen molar-refractivity contribution in [1.82, 2.24) is 5.32 Å². The lowest BCUT2D eigenvalue weighted by molar-refractivity contribution is 0.637. The van der Waals surface area contributed by atoms with E-state index < -0.39 is 10.8 Å². The molecule has 0 heterocycles. The Labute approximate surface area is 119 Å². The maximum atomic E-state index is 11.9. The Morgan fingerprint density at radius 2 is 2.11 bits per heavy atom. The predicted molar refractivity (Wildman–Crippen MR) is 84.4 cm³/mol. The Kier molecular flexibility index (Phi) is 5.55. The molecule has 2 nitrogen and oxygen atoms in total. The summed E-state index contributed by atoms with van der Waals surface area (Å²) in [6.07, 6.45) is 4.27. The number of benzene rings is 1. The smallest absolute Gasteiger partial charge is 0.0501 e. The first kappa shape index (κ1) is 15.7. The van der Waals surface area contributed by atoms with Crippen LogP contribution in [0, 0.1) is 12.8 Å². The van der Waals surface area contributed by atoms with Gasteiger partial charge < -0.3 is 5.32 Å². The molecule has 0 radical (unpaired) electrons. The zero-order valence-electron chi connectivity index (χ0n) is 12.2. The highest BCUT2D eigenvalue weighted by molar-refractivity contribution is 7.84. The Balaban J connectivity index is 3.31. The monoisotopic (exact) mass is 277 g/mol. The van der Waals surface area contributed by atoms with E-state index in [9.17, 15) is 4.21 Å². The number of aryl methyl sites for hydroxylation is 1. The van der Waals surface area contributed by atoms with Gasteiger partial charge >= 0.3 is 0 Å². The van der Waals surface area contributed by atoms with Gasteiger partial charge in [0.2, 0.25) is 0 Å². The molecule has 0 saturated heterocycles. The summed E-state index contributed by atoms with van der Waals surface area (Å²) in [6, 6.07) is 4.12. The van der Waals surface area contributed by atoms with Crippen molar-refractivity contribution in [3.8, 4) is 0 Å². The van der Waals surface area contributed by atoms with Crippen LogP contribution in [-0.2, 0) is 17.2 Å². The summed E-state index contributed by atoms with van der Waals surface area (Å²) in [5.74, 6) is 0.544. The van der Waals surface area contributed by atoms with Crippen molar-refractivity contribution in [2.75, 3.05) is 6.26 Å². The second kappa shape index (κ2) is 6.71. The molecule has 1 aromatic carbocycles. The van der Waals surface area contributed by atoms with Crippen LogP contribution in [-0.4, -0.2) is 10.5 Å². The van der Waals surface area contributed by atoms with Crippen molar-refractivity contribution in [3.05, 3.63) is 48.2 Å². The van der Waals surface area contributed by atoms with E-state index in [1.807, 2.05) is 6.07 Å². The standard InChI is InChI=1S/C16H23NOS/c1-7-17-13(5)15-10-16(19(6)18)14(8-11(2)3)9-12(15)4/h7,9-11,17H,1,5,8H2,2-4,6H3. The molecule has 0 amide bonds. The van der Waals surface area contributed by atoms with Gasteiger partial charge in [-0.15, -0.1) is 0 Å². The fraction of sp³-hybridized carbons (Fsp3) is 0.375. The topological polar surface area (TPSA) is 29.1 Å². The summed E-state index contributed by atoms with van der Waals surface area (Å²) < 4.78 is 11.9. The Hall–Kier alpha value is -1.35. The third-order valence-electron chi connectivity index (χ3n) is 2.95. The van der Waals surface area contributed by atoms with Gasteiger partial charge in [0.05, 0.1) is 10.8 Å². The van der Waals surface area contributed by atoms with Gasteiger partial charge in [-0.25, -0.2) is 0 Å². The lowest BCUT2D eigenvalue weighted by Crippen LogP contribution is -2.07. The molecule has 3 heteroatoms. The lowest BCUT2D eigenvalue weighted by Gasteiger charge is -2.16. The van der Waals surface area contributed by atoms with Crippen molar-refractivity contribution in [3.63, 3.8) is 0 Å². The molecule has 0 aliphatic heterocycles. The van der Waals surface area contributed by atoms with E-state index in [2.05, 4.69) is 45.3 Å². The molecule has 0 aliphatic rings. The molecule has 0 fully saturated rings. The molecule has 0 spiro atoms. The molecule has 1 unspecified atom stereocenters. The second-order valence-electron chi connectivity index (χ2n) is 5.15. The number of nitrogens with one attached hydrogen (secondary N) is 1. The van der Waals surface area contributed by atoms with Crippen molar-refractivity contribution < 1.29 is 4.21 Å². The molecular weight excluding hydrogens is 254 g/mol. The van der Waals surface area contributed by atoms with Gasteiger partial charge in [-0.05, 0) is 42.7 Å². The fourth-order valence-electron chi connectivity index (χ4n) is 2.14. The van der Waals surface area contributed by atoms with Crippen LogP contribution in [0.15, 0.2) is 36.4 Å². The maximum Gasteiger partial charge on any atom is 0.0501 e. The average molecular weight is 277 g/mol. The fourth-order valence-corrected chi connectivity index (χ4v) is 2.94. The highest BCUT2D eigenvalue weighted by Crippen LogP contribution is 2.25. The average Bonchev–Trinajstić information content (AvgIpc) is 2.27. The van der Waals surface area contributed by atoms with Gasteiger partial charge in [0.15, 0.2) is 0 Å². The Morgan fingerprint density at radius 3 is 2.58 bits per heavy atom. The highest BCUT2D eigenvalue weighted by Gasteiger charge is 2.13. The quantitative estimate of drug-likeness (QED) is 0.860. The van der Waals surface area contributed by atoms with Crippen LogP contribution in [0.2, 0.25) is 0 Å². The zero-order chi connectivity index (χ0) is 14.6. The predicted octanol–water partition coefficient (Wildman–Crippen LogP) is 3.63. The van der Waals surface area contributed by atoms with Crippen LogP contribution in [0.4, 0.5) is 0 Å². The molecular formula is C16H23NOS. The van der Waals surface area contributed by atoms with Crippen LogP contribution in [0.5, 0.6) is 0 Å². The summed E-state index contributed by atoms with van der Waals surface area (Å²) in [7, 11) is -0.991. The van der Waals surface area contributed by atoms with Gasteiger partial charge in [0, 0.05) is 22.4 Å². The molecule has 19 heavy (non-hydrogen) atoms. The first-order chi connectivity index (χ1) is 8.86. The summed E-state index contributed by atoms with van der Waals surface area (Å²) in [5.41, 5.74) is 4.10. The van der Waals surface area contributed by atoms with Gasteiger partial charge in [0.25, 0.3) is 0 Å². The molecule has 1 rings (SSSR count). The van der Waals surface area contributed by atoms with Crippen LogP contribution < -0.4 is 5.32 Å². The number of rotatable bonds is 6. The summed E-state index contributed by atoms with van der Waals surface area (Å²) >= 11 is 0. The van der Waals surface area contributed by atoms with Crippen molar-refractivity contribution in [1.29, 1.82) is 0 Å². The zero-order valence-corrected chi connectivity index (χ0v) is 13.1. The third-order valence-corrected chi connectivity index (χ3v) is 3.95. The number of hydrogen-bond acceptors (Lipinski definition) is 2. The van der Waals surface area contributed by atoms with Gasteiger partial charge in [-0.2, -0.15) is 0 Å². The summed E-state index contributed by atoms with van der Waals surface area (Å²) in [4.78, 5) is 0.904. The number of hydrogen-bond donors (Lipinski definition) is 1. The van der Waals surface area contributed by atoms with E-state index in [0.717, 1.165) is 28.1 Å². The second-order valence-corrected chi connectivity index (χ2v) is 6.50. The van der Waals surface area contributed by atoms with E-state index in [4.69, 9.17) is 0 Å². The molecule has 1 N–H and O–H groups in total. The van der Waals surface area contributed by atoms with Crippen LogP contribution in [0.1, 0.15) is 30.5 Å². The normalized spacial score (nSPS) is 12.3. The first-order valence-corrected chi connectivity index (χ1v) is 7.96. The molecule has 0 aliphatic carbocycles. The van der Waals surface area contributed by atoms with E-state index in [0.29, 0.717) is 5.92 Å². The van der Waals surface area contributed by atoms with Gasteiger partial charge in [-0.1, -0.05) is 33.1 Å². The molecule has 0 aromatic heterocycles. The molecule has 0 saturated carbocycles. The van der Waals surface area contributed by atoms with Crippen molar-refractivity contribution >= 4 is 16.5 Å². The van der Waals surface area contributed by atoms with E-state index in [-0.39, 0.29) is 0 Å². The minimum absolute atomic E-state index is 0.544. The van der Waals surface area contributed by atoms with Crippen molar-refractivity contribution in [2.45, 2.75) is 32.1 Å². The summed E-state index contributed by atoms with van der Waals surface area (Å²) in [5, 5.41) is 3.00. The molecule has 0 bridgehead atoms. The lowest BCUT2D eigenvalue weighted by atomic mass is 9.97. The van der Waals surface area contributed by atoms with E-state index in [1.165, 1.54) is 5.56 Å². The summed E-state index contributed by atoms with van der Waals surface area (Å²) in [6.45, 7) is 14.0. The highest BCUT2D eigenvalue weighted by atomic mass is 32.2. The molecule has 1 aromatic rings. The minimum Gasteiger partial charge on any atom is -0.362 e. The largest absolute Gasteiger partial charge is 0.362 e. The molecule has 1 atom stereocenters. The Bertz CT molecular complexity index is 518. The van der Waals surface area contributed by atoms with Gasteiger partial charge in [-0.3, -0.25) is 4.21 Å². The van der Waals surface area contributed by atoms with E-state index >= 15 is 0 Å². The van der Waals surface area contributed by atoms with Crippen molar-refractivity contribution in [2.24, 2.45) is 5.92 Å². The van der Waals surface area contributed by atoms with Gasteiger partial charge in [0.1, 0.15) is 0 Å². The van der Waals surface area contributed by atoms with Crippen LogP contribution in [0.25, 0.3) is 5.70 Å². The first-order valence-electron chi connectivity index (χ1n) is 6.40. The Morgan fingerprint density at radius 1 is 1.47 bits per heavy atom. The SMILES string of the molecule is C=CNC(=C)c1cc(S(C)=O)c(CC(C)C)cc1C. The van der Waals surface area contributed by atoms with E-state index in [1.54, 1.807) is 12.5 Å². The van der Waals surface area contributed by atoms with Crippen LogP contribution in [0.3, 0.4) is 0 Å². The third kappa shape index (κ3) is 4.06.